The van der Waals surface area contributed by atoms with Gasteiger partial charge in [0.25, 0.3) is 0 Å². The molecule has 16 heavy (non-hydrogen) atoms. The van der Waals surface area contributed by atoms with Gasteiger partial charge in [-0.3, -0.25) is 0 Å². The summed E-state index contributed by atoms with van der Waals surface area (Å²) in [6.07, 6.45) is 2.98. The normalized spacial score (nSPS) is 17.0. The predicted molar refractivity (Wildman–Crippen MR) is 69.9 cm³/mol. The summed E-state index contributed by atoms with van der Waals surface area (Å²) in [5.74, 6) is 1.08. The SMILES string of the molecule is CC1(C)Cc2cc(Br)cc(CCCN)c2O1. The van der Waals surface area contributed by atoms with Crippen LogP contribution in [0.5, 0.6) is 5.75 Å². The minimum Gasteiger partial charge on any atom is -0.487 e. The average Bonchev–Trinajstić information content (AvgIpc) is 2.48. The molecule has 2 nitrogen and oxygen atoms in total. The molecule has 2 N–H and O–H groups in total. The summed E-state index contributed by atoms with van der Waals surface area (Å²) in [5, 5.41) is 0. The summed E-state index contributed by atoms with van der Waals surface area (Å²) in [7, 11) is 0. The Morgan fingerprint density at radius 1 is 1.44 bits per heavy atom. The molecule has 0 radical (unpaired) electrons. The minimum atomic E-state index is -0.0689. The van der Waals surface area contributed by atoms with Gasteiger partial charge in [0.15, 0.2) is 0 Å². The van der Waals surface area contributed by atoms with Gasteiger partial charge >= 0.3 is 0 Å². The first-order valence-electron chi connectivity index (χ1n) is 5.72. The molecule has 0 atom stereocenters. The summed E-state index contributed by atoms with van der Waals surface area (Å²) in [6.45, 7) is 4.99. The first-order valence-corrected chi connectivity index (χ1v) is 6.51. The molecule has 2 rings (SSSR count). The smallest absolute Gasteiger partial charge is 0.126 e. The maximum Gasteiger partial charge on any atom is 0.126 e. The Bertz CT molecular complexity index is 401. The molecule has 0 spiro atoms. The topological polar surface area (TPSA) is 35.2 Å². The van der Waals surface area contributed by atoms with E-state index in [1.165, 1.54) is 11.1 Å². The number of fused-ring (bicyclic) bond motifs is 1. The molecule has 1 aliphatic heterocycles. The van der Waals surface area contributed by atoms with Gasteiger partial charge in [0.05, 0.1) is 0 Å². The molecule has 0 saturated carbocycles. The van der Waals surface area contributed by atoms with Crippen LogP contribution in [0, 0.1) is 0 Å². The number of rotatable bonds is 3. The number of ether oxygens (including phenoxy) is 1. The van der Waals surface area contributed by atoms with E-state index in [1.54, 1.807) is 0 Å². The number of hydrogen-bond acceptors (Lipinski definition) is 2. The third-order valence-corrected chi connectivity index (χ3v) is 3.31. The fourth-order valence-corrected chi connectivity index (χ4v) is 2.78. The summed E-state index contributed by atoms with van der Waals surface area (Å²) in [4.78, 5) is 0. The van der Waals surface area contributed by atoms with Gasteiger partial charge in [0, 0.05) is 10.9 Å². The Balaban J connectivity index is 2.33. The molecule has 3 heteroatoms. The van der Waals surface area contributed by atoms with Gasteiger partial charge in [-0.1, -0.05) is 15.9 Å². The van der Waals surface area contributed by atoms with Crippen molar-refractivity contribution in [2.45, 2.75) is 38.7 Å². The maximum absolute atomic E-state index is 6.02. The molecule has 1 heterocycles. The second-order valence-electron chi connectivity index (χ2n) is 4.98. The zero-order chi connectivity index (χ0) is 11.8. The van der Waals surface area contributed by atoms with E-state index in [4.69, 9.17) is 10.5 Å². The molecule has 0 aromatic heterocycles. The third kappa shape index (κ3) is 2.41. The van der Waals surface area contributed by atoms with Crippen LogP contribution < -0.4 is 10.5 Å². The van der Waals surface area contributed by atoms with Crippen molar-refractivity contribution < 1.29 is 4.74 Å². The zero-order valence-corrected chi connectivity index (χ0v) is 11.4. The van der Waals surface area contributed by atoms with Gasteiger partial charge in [-0.25, -0.2) is 0 Å². The summed E-state index contributed by atoms with van der Waals surface area (Å²) < 4.78 is 7.15. The first kappa shape index (κ1) is 11.9. The quantitative estimate of drug-likeness (QED) is 0.926. The molecule has 0 bridgehead atoms. The number of nitrogens with two attached hydrogens (primary N) is 1. The molecule has 88 valence electrons. The molecular weight excluding hydrogens is 266 g/mol. The maximum atomic E-state index is 6.02. The van der Waals surface area contributed by atoms with Gasteiger partial charge < -0.3 is 10.5 Å². The Labute approximate surface area is 105 Å². The standard InChI is InChI=1S/C13H18BrNO/c1-13(2)8-10-7-11(14)6-9(4-3-5-15)12(10)16-13/h6-7H,3-5,8,15H2,1-2H3. The predicted octanol–water partition coefficient (Wildman–Crippen LogP) is 3.05. The zero-order valence-electron chi connectivity index (χ0n) is 9.85. The summed E-state index contributed by atoms with van der Waals surface area (Å²) >= 11 is 3.56. The van der Waals surface area contributed by atoms with Crippen molar-refractivity contribution in [3.05, 3.63) is 27.7 Å². The monoisotopic (exact) mass is 283 g/mol. The van der Waals surface area contributed by atoms with Crippen LogP contribution in [0.15, 0.2) is 16.6 Å². The van der Waals surface area contributed by atoms with E-state index in [-0.39, 0.29) is 5.60 Å². The second kappa shape index (κ2) is 4.38. The van der Waals surface area contributed by atoms with Crippen LogP contribution in [-0.4, -0.2) is 12.1 Å². The molecule has 0 aliphatic carbocycles. The highest BCUT2D eigenvalue weighted by molar-refractivity contribution is 9.10. The van der Waals surface area contributed by atoms with Gasteiger partial charge in [0.2, 0.25) is 0 Å². The Kier molecular flexibility index (Phi) is 3.27. The van der Waals surface area contributed by atoms with Crippen LogP contribution in [0.4, 0.5) is 0 Å². The van der Waals surface area contributed by atoms with Crippen LogP contribution in [0.25, 0.3) is 0 Å². The molecular formula is C13H18BrNO. The minimum absolute atomic E-state index is 0.0689. The van der Waals surface area contributed by atoms with Crippen LogP contribution >= 0.6 is 15.9 Å². The van der Waals surface area contributed by atoms with Crippen molar-refractivity contribution in [3.8, 4) is 5.75 Å². The summed E-state index contributed by atoms with van der Waals surface area (Å²) in [5.41, 5.74) is 8.08. The fourth-order valence-electron chi connectivity index (χ4n) is 2.22. The van der Waals surface area contributed by atoms with E-state index in [1.807, 2.05) is 0 Å². The second-order valence-corrected chi connectivity index (χ2v) is 5.90. The third-order valence-electron chi connectivity index (χ3n) is 2.85. The number of aryl methyl sites for hydroxylation is 1. The number of benzene rings is 1. The highest BCUT2D eigenvalue weighted by Gasteiger charge is 2.31. The Morgan fingerprint density at radius 2 is 2.19 bits per heavy atom. The average molecular weight is 284 g/mol. The molecule has 1 aromatic rings. The van der Waals surface area contributed by atoms with E-state index in [2.05, 4.69) is 41.9 Å². The molecule has 0 fully saturated rings. The Morgan fingerprint density at radius 3 is 2.88 bits per heavy atom. The van der Waals surface area contributed by atoms with E-state index < -0.39 is 0 Å². The first-order chi connectivity index (χ1) is 7.52. The molecule has 1 aliphatic rings. The van der Waals surface area contributed by atoms with Crippen molar-refractivity contribution in [2.75, 3.05) is 6.54 Å². The molecule has 0 unspecified atom stereocenters. The lowest BCUT2D eigenvalue weighted by molar-refractivity contribution is 0.137. The van der Waals surface area contributed by atoms with Crippen LogP contribution in [-0.2, 0) is 12.8 Å². The lowest BCUT2D eigenvalue weighted by Gasteiger charge is -2.18. The number of hydrogen-bond donors (Lipinski definition) is 1. The van der Waals surface area contributed by atoms with Crippen molar-refractivity contribution in [1.82, 2.24) is 0 Å². The summed E-state index contributed by atoms with van der Waals surface area (Å²) in [6, 6.07) is 4.31. The van der Waals surface area contributed by atoms with E-state index >= 15 is 0 Å². The molecule has 0 amide bonds. The van der Waals surface area contributed by atoms with Gasteiger partial charge in [0.1, 0.15) is 11.4 Å². The highest BCUT2D eigenvalue weighted by atomic mass is 79.9. The van der Waals surface area contributed by atoms with Crippen LogP contribution in [0.2, 0.25) is 0 Å². The van der Waals surface area contributed by atoms with Crippen LogP contribution in [0.1, 0.15) is 31.4 Å². The van der Waals surface area contributed by atoms with E-state index in [0.717, 1.165) is 36.0 Å². The lowest BCUT2D eigenvalue weighted by atomic mass is 9.99. The van der Waals surface area contributed by atoms with E-state index in [9.17, 15) is 0 Å². The number of halogens is 1. The van der Waals surface area contributed by atoms with Crippen molar-refractivity contribution in [3.63, 3.8) is 0 Å². The van der Waals surface area contributed by atoms with Gasteiger partial charge in [-0.05, 0) is 56.5 Å². The van der Waals surface area contributed by atoms with Crippen LogP contribution in [0.3, 0.4) is 0 Å². The molecule has 0 saturated heterocycles. The van der Waals surface area contributed by atoms with Gasteiger partial charge in [-0.15, -0.1) is 0 Å². The molecule has 1 aromatic carbocycles. The van der Waals surface area contributed by atoms with Gasteiger partial charge in [-0.2, -0.15) is 0 Å². The highest BCUT2D eigenvalue weighted by Crippen LogP contribution is 2.39. The van der Waals surface area contributed by atoms with Crippen molar-refractivity contribution in [1.29, 1.82) is 0 Å². The van der Waals surface area contributed by atoms with E-state index in [0.29, 0.717) is 0 Å². The van der Waals surface area contributed by atoms with Crippen molar-refractivity contribution >= 4 is 15.9 Å². The Hall–Kier alpha value is -0.540. The largest absolute Gasteiger partial charge is 0.487 e. The lowest BCUT2D eigenvalue weighted by Crippen LogP contribution is -2.24. The fraction of sp³-hybridized carbons (Fsp3) is 0.538. The van der Waals surface area contributed by atoms with Crippen molar-refractivity contribution in [2.24, 2.45) is 5.73 Å².